The second-order valence-electron chi connectivity index (χ2n) is 8.56. The van der Waals surface area contributed by atoms with Crippen LogP contribution >= 0.6 is 0 Å². The van der Waals surface area contributed by atoms with Crippen molar-refractivity contribution in [2.24, 2.45) is 0 Å². The van der Waals surface area contributed by atoms with Gasteiger partial charge in [-0.1, -0.05) is 23.4 Å². The van der Waals surface area contributed by atoms with Crippen LogP contribution in [0.1, 0.15) is 42.9 Å². The lowest BCUT2D eigenvalue weighted by atomic mass is 9.87. The number of piperidine rings is 1. The van der Waals surface area contributed by atoms with Gasteiger partial charge in [-0.15, -0.1) is 0 Å². The molecule has 3 aromatic rings. The lowest BCUT2D eigenvalue weighted by Crippen LogP contribution is -2.44. The third-order valence-electron chi connectivity index (χ3n) is 6.83. The van der Waals surface area contributed by atoms with E-state index in [0.29, 0.717) is 36.8 Å². The van der Waals surface area contributed by atoms with E-state index >= 15 is 0 Å². The van der Waals surface area contributed by atoms with Crippen molar-refractivity contribution in [2.45, 2.75) is 50.1 Å². The van der Waals surface area contributed by atoms with Crippen LogP contribution in [0, 0.1) is 0 Å². The molecule has 0 N–H and O–H groups in total. The summed E-state index contributed by atoms with van der Waals surface area (Å²) in [7, 11) is 1.63. The van der Waals surface area contributed by atoms with Crippen molar-refractivity contribution in [1.82, 2.24) is 10.1 Å². The van der Waals surface area contributed by atoms with Crippen LogP contribution in [-0.4, -0.2) is 48.7 Å². The molecule has 2 saturated heterocycles. The minimum Gasteiger partial charge on any atom is -0.493 e. The summed E-state index contributed by atoms with van der Waals surface area (Å²) in [5.41, 5.74) is 2.94. The van der Waals surface area contributed by atoms with Gasteiger partial charge in [0, 0.05) is 36.4 Å². The number of benzene rings is 2. The molecular weight excluding hydrogens is 392 g/mol. The fraction of sp³-hybridized carbons (Fsp3) is 0.440. The first-order chi connectivity index (χ1) is 15.3. The summed E-state index contributed by atoms with van der Waals surface area (Å²) in [5.74, 6) is 1.87. The SMILES string of the molecule is COc1cc(CC=O)ccc1OCCN1C2CCC1CC(c1noc3ccccc13)C2. The second kappa shape index (κ2) is 8.71. The molecule has 5 rings (SSSR count). The Bertz CT molecular complexity index is 1050. The molecule has 0 amide bonds. The van der Waals surface area contributed by atoms with Crippen LogP contribution in [0.15, 0.2) is 47.0 Å². The third kappa shape index (κ3) is 3.92. The Morgan fingerprint density at radius 2 is 1.94 bits per heavy atom. The molecule has 0 spiro atoms. The third-order valence-corrected chi connectivity index (χ3v) is 6.83. The van der Waals surface area contributed by atoms with E-state index in [9.17, 15) is 4.79 Å². The van der Waals surface area contributed by atoms with E-state index in [1.165, 1.54) is 12.8 Å². The minimum absolute atomic E-state index is 0.385. The monoisotopic (exact) mass is 420 g/mol. The number of methoxy groups -OCH3 is 1. The molecule has 162 valence electrons. The van der Waals surface area contributed by atoms with E-state index in [4.69, 9.17) is 14.0 Å². The maximum Gasteiger partial charge on any atom is 0.167 e. The molecule has 2 bridgehead atoms. The fourth-order valence-corrected chi connectivity index (χ4v) is 5.38. The average Bonchev–Trinajstić information content (AvgIpc) is 3.32. The van der Waals surface area contributed by atoms with Crippen LogP contribution in [0.3, 0.4) is 0 Å². The molecule has 0 saturated carbocycles. The molecule has 2 fully saturated rings. The number of nitrogens with zero attached hydrogens (tertiary/aromatic N) is 2. The van der Waals surface area contributed by atoms with Gasteiger partial charge < -0.3 is 18.8 Å². The Kier molecular flexibility index (Phi) is 5.64. The number of carbonyl (C=O) groups excluding carboxylic acids is 1. The first-order valence-corrected chi connectivity index (χ1v) is 11.1. The maximum absolute atomic E-state index is 10.7. The van der Waals surface area contributed by atoms with Crippen LogP contribution in [0.4, 0.5) is 0 Å². The van der Waals surface area contributed by atoms with Crippen LogP contribution in [-0.2, 0) is 11.2 Å². The van der Waals surface area contributed by atoms with Gasteiger partial charge in [-0.3, -0.25) is 4.90 Å². The Hall–Kier alpha value is -2.86. The number of rotatable bonds is 8. The van der Waals surface area contributed by atoms with Crippen LogP contribution < -0.4 is 9.47 Å². The molecule has 2 aromatic carbocycles. The number of carbonyl (C=O) groups is 1. The van der Waals surface area contributed by atoms with Crippen molar-refractivity contribution < 1.29 is 18.8 Å². The van der Waals surface area contributed by atoms with E-state index in [-0.39, 0.29) is 0 Å². The number of fused-ring (bicyclic) bond motifs is 3. The summed E-state index contributed by atoms with van der Waals surface area (Å²) in [6.45, 7) is 1.52. The Balaban J connectivity index is 1.21. The summed E-state index contributed by atoms with van der Waals surface area (Å²) >= 11 is 0. The van der Waals surface area contributed by atoms with Gasteiger partial charge in [-0.25, -0.2) is 0 Å². The van der Waals surface area contributed by atoms with Crippen molar-refractivity contribution in [2.75, 3.05) is 20.3 Å². The van der Waals surface area contributed by atoms with E-state index in [1.54, 1.807) is 7.11 Å². The molecule has 0 radical (unpaired) electrons. The molecule has 1 aromatic heterocycles. The highest BCUT2D eigenvalue weighted by Gasteiger charge is 2.42. The zero-order chi connectivity index (χ0) is 21.2. The summed E-state index contributed by atoms with van der Waals surface area (Å²) in [4.78, 5) is 13.4. The Labute approximate surface area is 182 Å². The van der Waals surface area contributed by atoms with Gasteiger partial charge in [0.05, 0.1) is 12.8 Å². The lowest BCUT2D eigenvalue weighted by molar-refractivity contribution is -0.107. The molecule has 2 aliphatic heterocycles. The summed E-state index contributed by atoms with van der Waals surface area (Å²) < 4.78 is 17.1. The van der Waals surface area contributed by atoms with Crippen molar-refractivity contribution >= 4 is 17.3 Å². The number of ether oxygens (including phenoxy) is 2. The highest BCUT2D eigenvalue weighted by atomic mass is 16.5. The molecule has 3 heterocycles. The first kappa shape index (κ1) is 20.1. The number of hydrogen-bond donors (Lipinski definition) is 0. The summed E-state index contributed by atoms with van der Waals surface area (Å²) in [6.07, 6.45) is 6.00. The van der Waals surface area contributed by atoms with Crippen molar-refractivity contribution in [3.63, 3.8) is 0 Å². The average molecular weight is 421 g/mol. The van der Waals surface area contributed by atoms with Gasteiger partial charge in [0.1, 0.15) is 12.9 Å². The molecular formula is C25H28N2O4. The minimum atomic E-state index is 0.385. The smallest absolute Gasteiger partial charge is 0.167 e. The Morgan fingerprint density at radius 3 is 2.71 bits per heavy atom. The molecule has 0 aliphatic carbocycles. The van der Waals surface area contributed by atoms with E-state index < -0.39 is 0 Å². The van der Waals surface area contributed by atoms with Crippen LogP contribution in [0.25, 0.3) is 11.0 Å². The molecule has 6 nitrogen and oxygen atoms in total. The number of hydrogen-bond acceptors (Lipinski definition) is 6. The first-order valence-electron chi connectivity index (χ1n) is 11.1. The number of para-hydroxylation sites is 1. The molecule has 31 heavy (non-hydrogen) atoms. The lowest BCUT2D eigenvalue weighted by Gasteiger charge is -2.38. The quantitative estimate of drug-likeness (QED) is 0.504. The largest absolute Gasteiger partial charge is 0.493 e. The molecule has 2 unspecified atom stereocenters. The topological polar surface area (TPSA) is 64.8 Å². The number of aldehydes is 1. The van der Waals surface area contributed by atoms with Crippen LogP contribution in [0.5, 0.6) is 11.5 Å². The fourth-order valence-electron chi connectivity index (χ4n) is 5.38. The predicted octanol–water partition coefficient (Wildman–Crippen LogP) is 4.37. The van der Waals surface area contributed by atoms with Gasteiger partial charge >= 0.3 is 0 Å². The second-order valence-corrected chi connectivity index (χ2v) is 8.56. The van der Waals surface area contributed by atoms with Gasteiger partial charge in [-0.05, 0) is 55.5 Å². The predicted molar refractivity (Wildman–Crippen MR) is 118 cm³/mol. The van der Waals surface area contributed by atoms with Gasteiger partial charge in [0.2, 0.25) is 0 Å². The van der Waals surface area contributed by atoms with Gasteiger partial charge in [0.25, 0.3) is 0 Å². The maximum atomic E-state index is 10.7. The van der Waals surface area contributed by atoms with E-state index in [2.05, 4.69) is 22.2 Å². The van der Waals surface area contributed by atoms with Crippen molar-refractivity contribution in [3.8, 4) is 11.5 Å². The summed E-state index contributed by atoms with van der Waals surface area (Å²) in [6, 6.07) is 15.0. The normalized spacial score (nSPS) is 23.2. The van der Waals surface area contributed by atoms with Gasteiger partial charge in [-0.2, -0.15) is 0 Å². The summed E-state index contributed by atoms with van der Waals surface area (Å²) in [5, 5.41) is 5.59. The van der Waals surface area contributed by atoms with E-state index in [0.717, 1.165) is 53.6 Å². The standard InChI is InChI=1S/C25H28N2O4/c1-29-24-14-17(10-12-28)6-9-23(24)30-13-11-27-19-7-8-20(27)16-18(15-19)25-21-4-2-3-5-22(21)31-26-25/h2-6,9,12,14,18-20H,7-8,10-11,13,15-16H2,1H3. The Morgan fingerprint density at radius 1 is 1.13 bits per heavy atom. The molecule has 2 aliphatic rings. The van der Waals surface area contributed by atoms with Crippen LogP contribution in [0.2, 0.25) is 0 Å². The molecule has 6 heteroatoms. The highest BCUT2D eigenvalue weighted by molar-refractivity contribution is 5.79. The van der Waals surface area contributed by atoms with E-state index in [1.807, 2.05) is 30.3 Å². The zero-order valence-corrected chi connectivity index (χ0v) is 17.8. The number of aromatic nitrogens is 1. The van der Waals surface area contributed by atoms with Crippen molar-refractivity contribution in [1.29, 1.82) is 0 Å². The van der Waals surface area contributed by atoms with Crippen molar-refractivity contribution in [3.05, 3.63) is 53.7 Å². The molecule has 2 atom stereocenters. The van der Waals surface area contributed by atoms with Gasteiger partial charge in [0.15, 0.2) is 17.1 Å². The zero-order valence-electron chi connectivity index (χ0n) is 17.8. The highest BCUT2D eigenvalue weighted by Crippen LogP contribution is 2.44.